The number of anilines is 1. The third kappa shape index (κ3) is 3.83. The topological polar surface area (TPSA) is 43.9 Å². The number of piperazine rings is 1. The molecule has 0 aliphatic carbocycles. The van der Waals surface area contributed by atoms with Gasteiger partial charge in [0, 0.05) is 50.0 Å². The molecule has 24 heavy (non-hydrogen) atoms. The Hall–Kier alpha value is -1.75. The van der Waals surface area contributed by atoms with Crippen LogP contribution in [0.15, 0.2) is 24.3 Å². The van der Waals surface area contributed by atoms with Crippen LogP contribution in [0.1, 0.15) is 19.8 Å². The van der Waals surface area contributed by atoms with Crippen LogP contribution in [0, 0.1) is 5.92 Å². The average molecular weight is 350 g/mol. The fourth-order valence-corrected chi connectivity index (χ4v) is 3.67. The van der Waals surface area contributed by atoms with Crippen LogP contribution in [0.25, 0.3) is 0 Å². The zero-order valence-electron chi connectivity index (χ0n) is 14.1. The van der Waals surface area contributed by atoms with Crippen LogP contribution in [0.3, 0.4) is 0 Å². The summed E-state index contributed by atoms with van der Waals surface area (Å²) >= 11 is 6.04. The number of rotatable bonds is 1. The molecular weight excluding hydrogens is 326 g/mol. The van der Waals surface area contributed by atoms with E-state index in [9.17, 15) is 9.59 Å². The van der Waals surface area contributed by atoms with E-state index in [1.54, 1.807) is 9.80 Å². The summed E-state index contributed by atoms with van der Waals surface area (Å²) in [7, 11) is 0. The van der Waals surface area contributed by atoms with Crippen LogP contribution in [-0.2, 0) is 9.59 Å². The second-order valence-corrected chi connectivity index (χ2v) is 7.19. The quantitative estimate of drug-likeness (QED) is 0.730. The molecule has 0 saturated carbocycles. The minimum Gasteiger partial charge on any atom is -0.368 e. The van der Waals surface area contributed by atoms with Gasteiger partial charge in [0.2, 0.25) is 0 Å². The van der Waals surface area contributed by atoms with E-state index < -0.39 is 0 Å². The van der Waals surface area contributed by atoms with Crippen molar-refractivity contribution < 1.29 is 9.59 Å². The molecule has 2 fully saturated rings. The molecule has 2 amide bonds. The van der Waals surface area contributed by atoms with E-state index >= 15 is 0 Å². The summed E-state index contributed by atoms with van der Waals surface area (Å²) in [4.78, 5) is 30.5. The lowest BCUT2D eigenvalue weighted by molar-refractivity contribution is -0.153. The lowest BCUT2D eigenvalue weighted by Crippen LogP contribution is -2.54. The van der Waals surface area contributed by atoms with Gasteiger partial charge >= 0.3 is 11.8 Å². The maximum absolute atomic E-state index is 12.5. The fourth-order valence-electron chi connectivity index (χ4n) is 3.48. The van der Waals surface area contributed by atoms with Crippen molar-refractivity contribution in [1.82, 2.24) is 9.80 Å². The highest BCUT2D eigenvalue weighted by Crippen LogP contribution is 2.21. The van der Waals surface area contributed by atoms with Crippen molar-refractivity contribution in [3.63, 3.8) is 0 Å². The van der Waals surface area contributed by atoms with Gasteiger partial charge in [-0.1, -0.05) is 24.6 Å². The highest BCUT2D eigenvalue weighted by molar-refractivity contribution is 6.35. The van der Waals surface area contributed by atoms with E-state index in [1.165, 1.54) is 0 Å². The molecule has 2 aliphatic heterocycles. The average Bonchev–Trinajstić information content (AvgIpc) is 2.60. The number of hydrogen-bond donors (Lipinski definition) is 0. The molecule has 1 aromatic carbocycles. The molecule has 3 rings (SSSR count). The van der Waals surface area contributed by atoms with Crippen LogP contribution < -0.4 is 4.90 Å². The van der Waals surface area contributed by atoms with Gasteiger partial charge in [0.25, 0.3) is 0 Å². The number of carbonyl (C=O) groups is 2. The number of carbonyl (C=O) groups excluding carboxylic acids is 2. The van der Waals surface area contributed by atoms with E-state index in [4.69, 9.17) is 11.6 Å². The zero-order valence-corrected chi connectivity index (χ0v) is 14.8. The van der Waals surface area contributed by atoms with Crippen LogP contribution in [0.2, 0.25) is 5.02 Å². The normalized spacial score (nSPS) is 21.8. The SMILES string of the molecule is CC1CCCN(C(=O)C(=O)N2CCN(c3cccc(Cl)c3)CC2)C1. The minimum atomic E-state index is -0.352. The molecule has 0 spiro atoms. The van der Waals surface area contributed by atoms with Gasteiger partial charge in [0.1, 0.15) is 0 Å². The molecular formula is C18H24ClN3O2. The number of likely N-dealkylation sites (tertiary alicyclic amines) is 1. The number of amides is 2. The predicted molar refractivity (Wildman–Crippen MR) is 95.2 cm³/mol. The molecule has 130 valence electrons. The minimum absolute atomic E-state index is 0.335. The molecule has 0 N–H and O–H groups in total. The lowest BCUT2D eigenvalue weighted by Gasteiger charge is -2.37. The van der Waals surface area contributed by atoms with Gasteiger partial charge in [-0.3, -0.25) is 9.59 Å². The van der Waals surface area contributed by atoms with Crippen molar-refractivity contribution in [3.8, 4) is 0 Å². The smallest absolute Gasteiger partial charge is 0.312 e. The molecule has 2 heterocycles. The van der Waals surface area contributed by atoms with Crippen LogP contribution in [-0.4, -0.2) is 60.9 Å². The van der Waals surface area contributed by atoms with Gasteiger partial charge in [0.15, 0.2) is 0 Å². The first-order chi connectivity index (χ1) is 11.5. The molecule has 2 aliphatic rings. The number of nitrogens with zero attached hydrogens (tertiary/aromatic N) is 3. The number of benzene rings is 1. The third-order valence-electron chi connectivity index (χ3n) is 4.87. The summed E-state index contributed by atoms with van der Waals surface area (Å²) in [6.45, 7) is 6.12. The van der Waals surface area contributed by atoms with Crippen molar-refractivity contribution in [1.29, 1.82) is 0 Å². The van der Waals surface area contributed by atoms with E-state index in [0.29, 0.717) is 37.1 Å². The van der Waals surface area contributed by atoms with Gasteiger partial charge < -0.3 is 14.7 Å². The van der Waals surface area contributed by atoms with E-state index in [1.807, 2.05) is 24.3 Å². The Morgan fingerprint density at radius 3 is 2.42 bits per heavy atom. The Bertz CT molecular complexity index is 614. The molecule has 1 unspecified atom stereocenters. The van der Waals surface area contributed by atoms with Gasteiger partial charge in [-0.25, -0.2) is 0 Å². The second kappa shape index (κ2) is 7.43. The van der Waals surface area contributed by atoms with Crippen molar-refractivity contribution in [2.24, 2.45) is 5.92 Å². The molecule has 0 bridgehead atoms. The van der Waals surface area contributed by atoms with E-state index in [2.05, 4.69) is 11.8 Å². The molecule has 0 aromatic heterocycles. The predicted octanol–water partition coefficient (Wildman–Crippen LogP) is 2.25. The second-order valence-electron chi connectivity index (χ2n) is 6.76. The van der Waals surface area contributed by atoms with E-state index in [0.717, 1.165) is 31.6 Å². The summed E-state index contributed by atoms with van der Waals surface area (Å²) in [5.74, 6) is -0.206. The monoisotopic (exact) mass is 349 g/mol. The summed E-state index contributed by atoms with van der Waals surface area (Å²) in [5, 5.41) is 0.709. The first-order valence-electron chi connectivity index (χ1n) is 8.63. The highest BCUT2D eigenvalue weighted by atomic mass is 35.5. The van der Waals surface area contributed by atoms with E-state index in [-0.39, 0.29) is 11.8 Å². The first-order valence-corrected chi connectivity index (χ1v) is 9.01. The van der Waals surface area contributed by atoms with Gasteiger partial charge in [0.05, 0.1) is 0 Å². The Labute approximate surface area is 148 Å². The van der Waals surface area contributed by atoms with Crippen molar-refractivity contribution in [2.75, 3.05) is 44.2 Å². The molecule has 5 nitrogen and oxygen atoms in total. The Morgan fingerprint density at radius 1 is 1.04 bits per heavy atom. The summed E-state index contributed by atoms with van der Waals surface area (Å²) in [6.07, 6.45) is 2.12. The molecule has 1 aromatic rings. The van der Waals surface area contributed by atoms with Crippen molar-refractivity contribution >= 4 is 29.1 Å². The van der Waals surface area contributed by atoms with Gasteiger partial charge in [-0.15, -0.1) is 0 Å². The summed E-state index contributed by atoms with van der Waals surface area (Å²) in [6, 6.07) is 7.72. The Morgan fingerprint density at radius 2 is 1.75 bits per heavy atom. The number of hydrogen-bond acceptors (Lipinski definition) is 3. The zero-order chi connectivity index (χ0) is 17.1. The van der Waals surface area contributed by atoms with Crippen LogP contribution >= 0.6 is 11.6 Å². The molecule has 2 saturated heterocycles. The Kier molecular flexibility index (Phi) is 5.29. The Balaban J connectivity index is 1.56. The fraction of sp³-hybridized carbons (Fsp3) is 0.556. The lowest BCUT2D eigenvalue weighted by atomic mass is 10.0. The van der Waals surface area contributed by atoms with Crippen LogP contribution in [0.5, 0.6) is 0 Å². The number of piperidine rings is 1. The highest BCUT2D eigenvalue weighted by Gasteiger charge is 2.31. The van der Waals surface area contributed by atoms with Gasteiger partial charge in [-0.05, 0) is 37.0 Å². The van der Waals surface area contributed by atoms with Crippen molar-refractivity contribution in [2.45, 2.75) is 19.8 Å². The molecule has 1 atom stereocenters. The van der Waals surface area contributed by atoms with Crippen LogP contribution in [0.4, 0.5) is 5.69 Å². The maximum atomic E-state index is 12.5. The maximum Gasteiger partial charge on any atom is 0.312 e. The summed E-state index contributed by atoms with van der Waals surface area (Å²) < 4.78 is 0. The first kappa shape index (κ1) is 17.1. The third-order valence-corrected chi connectivity index (χ3v) is 5.10. The molecule has 6 heteroatoms. The number of halogens is 1. The largest absolute Gasteiger partial charge is 0.368 e. The van der Waals surface area contributed by atoms with Crippen molar-refractivity contribution in [3.05, 3.63) is 29.3 Å². The standard InChI is InChI=1S/C18H24ClN3O2/c1-14-4-3-7-22(13-14)18(24)17(23)21-10-8-20(9-11-21)16-6-2-5-15(19)12-16/h2,5-6,12,14H,3-4,7-11,13H2,1H3. The molecule has 0 radical (unpaired) electrons. The summed E-state index contributed by atoms with van der Waals surface area (Å²) in [5.41, 5.74) is 1.06. The van der Waals surface area contributed by atoms with Gasteiger partial charge in [-0.2, -0.15) is 0 Å².